The van der Waals surface area contributed by atoms with Crippen molar-refractivity contribution in [3.63, 3.8) is 0 Å². The van der Waals surface area contributed by atoms with Crippen molar-refractivity contribution >= 4 is 39.9 Å². The van der Waals surface area contributed by atoms with E-state index in [-0.39, 0.29) is 51.1 Å². The fourth-order valence-corrected chi connectivity index (χ4v) is 5.33. The SMILES string of the molecule is CCOC(=O)c1sc(N2CC[C@@H](NC(=O)c3[nH]c(C)c(Cl)c3C#N)[C@@H](C)C2)nc1-c1ncccc1F. The minimum Gasteiger partial charge on any atom is -0.462 e. The molecule has 1 aliphatic rings. The summed E-state index contributed by atoms with van der Waals surface area (Å²) in [5, 5.41) is 13.2. The largest absolute Gasteiger partial charge is 0.462 e. The van der Waals surface area contributed by atoms with Gasteiger partial charge >= 0.3 is 5.97 Å². The molecule has 36 heavy (non-hydrogen) atoms. The normalized spacial score (nSPS) is 17.5. The zero-order valence-corrected chi connectivity index (χ0v) is 21.5. The summed E-state index contributed by atoms with van der Waals surface area (Å²) in [4.78, 5) is 39.2. The van der Waals surface area contributed by atoms with Gasteiger partial charge in [0.15, 0.2) is 10.9 Å². The number of amides is 1. The Morgan fingerprint density at radius 1 is 1.44 bits per heavy atom. The molecule has 1 amide bonds. The summed E-state index contributed by atoms with van der Waals surface area (Å²) in [6, 6.07) is 4.56. The lowest BCUT2D eigenvalue weighted by molar-refractivity contribution is 0.0532. The smallest absolute Gasteiger partial charge is 0.350 e. The van der Waals surface area contributed by atoms with Crippen LogP contribution in [0.2, 0.25) is 5.02 Å². The van der Waals surface area contributed by atoms with Crippen LogP contribution < -0.4 is 10.2 Å². The number of anilines is 1. The molecule has 0 aromatic carbocycles. The molecule has 188 valence electrons. The van der Waals surface area contributed by atoms with E-state index >= 15 is 0 Å². The second kappa shape index (κ2) is 10.6. The summed E-state index contributed by atoms with van der Waals surface area (Å²) in [7, 11) is 0. The van der Waals surface area contributed by atoms with Gasteiger partial charge in [-0.3, -0.25) is 9.78 Å². The molecule has 3 aromatic rings. The first kappa shape index (κ1) is 25.6. The van der Waals surface area contributed by atoms with Crippen molar-refractivity contribution in [3.05, 3.63) is 51.0 Å². The van der Waals surface area contributed by atoms with Crippen LogP contribution in [0.4, 0.5) is 9.52 Å². The molecular weight excluding hydrogens is 507 g/mol. The summed E-state index contributed by atoms with van der Waals surface area (Å²) in [5.74, 6) is -1.53. The number of hydrogen-bond acceptors (Lipinski definition) is 8. The van der Waals surface area contributed by atoms with Gasteiger partial charge in [0, 0.05) is 31.0 Å². The minimum atomic E-state index is -0.579. The number of halogens is 2. The maximum Gasteiger partial charge on any atom is 0.350 e. The number of rotatable bonds is 6. The fraction of sp³-hybridized carbons (Fsp3) is 0.375. The highest BCUT2D eigenvalue weighted by Crippen LogP contribution is 2.36. The monoisotopic (exact) mass is 530 g/mol. The van der Waals surface area contributed by atoms with Crippen LogP contribution in [0.3, 0.4) is 0 Å². The highest BCUT2D eigenvalue weighted by molar-refractivity contribution is 7.17. The van der Waals surface area contributed by atoms with Gasteiger partial charge in [-0.2, -0.15) is 5.26 Å². The Balaban J connectivity index is 1.53. The summed E-state index contributed by atoms with van der Waals surface area (Å²) < 4.78 is 19.6. The van der Waals surface area contributed by atoms with Gasteiger partial charge in [-0.15, -0.1) is 0 Å². The number of aromatic amines is 1. The molecule has 0 aliphatic carbocycles. The number of thiazole rings is 1. The fourth-order valence-electron chi connectivity index (χ4n) is 4.15. The molecule has 0 radical (unpaired) electrons. The minimum absolute atomic E-state index is 0.00792. The molecule has 1 aliphatic heterocycles. The first-order chi connectivity index (χ1) is 17.2. The lowest BCUT2D eigenvalue weighted by Gasteiger charge is -2.37. The first-order valence-corrected chi connectivity index (χ1v) is 12.6. The lowest BCUT2D eigenvalue weighted by atomic mass is 9.94. The average Bonchev–Trinajstić information content (AvgIpc) is 3.42. The highest BCUT2D eigenvalue weighted by atomic mass is 35.5. The van der Waals surface area contributed by atoms with Gasteiger partial charge in [0.05, 0.1) is 11.6 Å². The van der Waals surface area contributed by atoms with E-state index in [1.54, 1.807) is 13.8 Å². The molecule has 2 atom stereocenters. The number of carbonyl (C=O) groups excluding carboxylic acids is 2. The molecule has 12 heteroatoms. The number of aryl methyl sites for hydroxylation is 1. The maximum atomic E-state index is 14.5. The average molecular weight is 531 g/mol. The van der Waals surface area contributed by atoms with E-state index in [1.807, 2.05) is 17.9 Å². The predicted octanol–water partition coefficient (Wildman–Crippen LogP) is 4.33. The van der Waals surface area contributed by atoms with Gasteiger partial charge in [-0.25, -0.2) is 14.2 Å². The van der Waals surface area contributed by atoms with Gasteiger partial charge in [0.2, 0.25) is 0 Å². The molecule has 4 rings (SSSR count). The van der Waals surface area contributed by atoms with Crippen LogP contribution >= 0.6 is 22.9 Å². The van der Waals surface area contributed by atoms with E-state index in [4.69, 9.17) is 16.3 Å². The third-order valence-electron chi connectivity index (χ3n) is 6.00. The number of H-pyrrole nitrogens is 1. The molecule has 0 spiro atoms. The molecule has 0 unspecified atom stereocenters. The standard InChI is InChI=1S/C24H24ClFN6O3S/c1-4-35-23(34)21-20(19-15(26)6-5-8-28-19)31-24(36-21)32-9-7-16(12(2)11-32)30-22(33)18-14(10-27)17(25)13(3)29-18/h5-6,8,12,16,29H,4,7,9,11H2,1-3H3,(H,30,33)/t12-,16+/m0/s1. The van der Waals surface area contributed by atoms with E-state index in [1.165, 1.54) is 18.3 Å². The van der Waals surface area contributed by atoms with E-state index in [2.05, 4.69) is 20.3 Å². The summed E-state index contributed by atoms with van der Waals surface area (Å²) in [6.45, 7) is 6.66. The number of pyridine rings is 1. The van der Waals surface area contributed by atoms with Crippen LogP contribution in [0.15, 0.2) is 18.3 Å². The number of esters is 1. The molecular formula is C24H24ClFN6O3S. The van der Waals surface area contributed by atoms with E-state index in [9.17, 15) is 19.2 Å². The molecule has 0 bridgehead atoms. The van der Waals surface area contributed by atoms with Crippen molar-refractivity contribution in [2.75, 3.05) is 24.6 Å². The van der Waals surface area contributed by atoms with Crippen molar-refractivity contribution in [3.8, 4) is 17.5 Å². The van der Waals surface area contributed by atoms with Gasteiger partial charge in [0.25, 0.3) is 5.91 Å². The van der Waals surface area contributed by atoms with Crippen molar-refractivity contribution in [1.29, 1.82) is 5.26 Å². The zero-order chi connectivity index (χ0) is 26.0. The first-order valence-electron chi connectivity index (χ1n) is 11.4. The second-order valence-corrected chi connectivity index (χ2v) is 9.80. The number of ether oxygens (including phenoxy) is 1. The zero-order valence-electron chi connectivity index (χ0n) is 19.9. The van der Waals surface area contributed by atoms with Crippen LogP contribution in [0.25, 0.3) is 11.4 Å². The van der Waals surface area contributed by atoms with Gasteiger partial charge in [-0.1, -0.05) is 29.9 Å². The van der Waals surface area contributed by atoms with Gasteiger partial charge < -0.3 is 19.9 Å². The van der Waals surface area contributed by atoms with Crippen molar-refractivity contribution in [1.82, 2.24) is 20.3 Å². The Morgan fingerprint density at radius 3 is 2.89 bits per heavy atom. The van der Waals surface area contributed by atoms with Crippen molar-refractivity contribution < 1.29 is 18.7 Å². The Labute approximate surface area is 216 Å². The van der Waals surface area contributed by atoms with Crippen LogP contribution in [-0.4, -0.2) is 52.6 Å². The molecule has 3 aromatic heterocycles. The van der Waals surface area contributed by atoms with Crippen molar-refractivity contribution in [2.45, 2.75) is 33.2 Å². The third kappa shape index (κ3) is 4.92. The van der Waals surface area contributed by atoms with Gasteiger partial charge in [-0.05, 0) is 38.3 Å². The number of aromatic nitrogens is 3. The molecule has 1 saturated heterocycles. The van der Waals surface area contributed by atoms with Crippen molar-refractivity contribution in [2.24, 2.45) is 5.92 Å². The lowest BCUT2D eigenvalue weighted by Crippen LogP contribution is -2.50. The highest BCUT2D eigenvalue weighted by Gasteiger charge is 2.32. The molecule has 2 N–H and O–H groups in total. The molecule has 9 nitrogen and oxygen atoms in total. The van der Waals surface area contributed by atoms with Gasteiger partial charge in [0.1, 0.15) is 33.6 Å². The van der Waals surface area contributed by atoms with Crippen LogP contribution in [0.1, 0.15) is 51.7 Å². The topological polar surface area (TPSA) is 124 Å². The number of nitrogens with zero attached hydrogens (tertiary/aromatic N) is 4. The van der Waals surface area contributed by atoms with E-state index < -0.39 is 17.7 Å². The maximum absolute atomic E-state index is 14.5. The van der Waals surface area contributed by atoms with E-state index in [0.29, 0.717) is 30.3 Å². The summed E-state index contributed by atoms with van der Waals surface area (Å²) in [5.41, 5.74) is 0.975. The third-order valence-corrected chi connectivity index (χ3v) is 7.57. The molecule has 4 heterocycles. The van der Waals surface area contributed by atoms with Crippen LogP contribution in [0.5, 0.6) is 0 Å². The van der Waals surface area contributed by atoms with Crippen LogP contribution in [0, 0.1) is 30.0 Å². The Hall–Kier alpha value is -3.49. The molecule has 0 saturated carbocycles. The quantitative estimate of drug-likeness (QED) is 0.454. The number of nitriles is 1. The Morgan fingerprint density at radius 2 is 2.22 bits per heavy atom. The molecule has 1 fully saturated rings. The number of carbonyl (C=O) groups is 2. The van der Waals surface area contributed by atoms with Crippen LogP contribution in [-0.2, 0) is 4.74 Å². The predicted molar refractivity (Wildman–Crippen MR) is 134 cm³/mol. The Bertz CT molecular complexity index is 1350. The van der Waals surface area contributed by atoms with E-state index in [0.717, 1.165) is 11.3 Å². The number of hydrogen-bond donors (Lipinski definition) is 2. The summed E-state index contributed by atoms with van der Waals surface area (Å²) in [6.07, 6.45) is 2.04. The second-order valence-electron chi connectivity index (χ2n) is 8.45. The number of piperidine rings is 1. The number of nitrogens with one attached hydrogen (secondary N) is 2. The summed E-state index contributed by atoms with van der Waals surface area (Å²) >= 11 is 7.25. The Kier molecular flexibility index (Phi) is 7.56.